The highest BCUT2D eigenvalue weighted by molar-refractivity contribution is 5.51. The molecule has 0 atom stereocenters. The maximum Gasteiger partial charge on any atom is 0.0769 e. The molecule has 1 aromatic rings. The summed E-state index contributed by atoms with van der Waals surface area (Å²) in [5, 5.41) is 17.4. The van der Waals surface area contributed by atoms with E-state index in [0.717, 1.165) is 18.2 Å². The van der Waals surface area contributed by atoms with Gasteiger partial charge >= 0.3 is 0 Å². The SMILES string of the molecule is Cc1ccc(N(CC=CO)CC=CO)cc1C. The van der Waals surface area contributed by atoms with Crippen molar-refractivity contribution in [3.05, 3.63) is 54.0 Å². The monoisotopic (exact) mass is 233 g/mol. The van der Waals surface area contributed by atoms with Gasteiger partial charge in [0.2, 0.25) is 0 Å². The Labute approximate surface area is 102 Å². The summed E-state index contributed by atoms with van der Waals surface area (Å²) in [6, 6.07) is 6.22. The molecule has 0 spiro atoms. The fraction of sp³-hybridized carbons (Fsp3) is 0.286. The van der Waals surface area contributed by atoms with Crippen LogP contribution in [0.2, 0.25) is 0 Å². The Kier molecular flexibility index (Phi) is 5.14. The Hall–Kier alpha value is -1.90. The summed E-state index contributed by atoms with van der Waals surface area (Å²) >= 11 is 0. The molecule has 0 radical (unpaired) electrons. The second-order valence-electron chi connectivity index (χ2n) is 3.94. The Morgan fingerprint density at radius 1 is 1.00 bits per heavy atom. The number of hydrogen-bond donors (Lipinski definition) is 2. The van der Waals surface area contributed by atoms with Crippen LogP contribution >= 0.6 is 0 Å². The van der Waals surface area contributed by atoms with Crippen LogP contribution in [0.3, 0.4) is 0 Å². The third-order valence-corrected chi connectivity index (χ3v) is 2.72. The lowest BCUT2D eigenvalue weighted by Crippen LogP contribution is -2.23. The molecule has 3 nitrogen and oxygen atoms in total. The van der Waals surface area contributed by atoms with Crippen LogP contribution in [0.1, 0.15) is 11.1 Å². The Bertz CT molecular complexity index is 397. The van der Waals surface area contributed by atoms with Gasteiger partial charge < -0.3 is 15.1 Å². The van der Waals surface area contributed by atoms with Gasteiger partial charge in [-0.05, 0) is 49.3 Å². The standard InChI is InChI=1S/C14H19NO2/c1-12-5-6-14(11-13(12)2)15(7-3-9-16)8-4-10-17/h3-6,9-11,16-17H,7-8H2,1-2H3. The maximum atomic E-state index is 8.71. The lowest BCUT2D eigenvalue weighted by molar-refractivity contribution is 0.470. The second kappa shape index (κ2) is 6.63. The molecule has 0 amide bonds. The Balaban J connectivity index is 2.90. The van der Waals surface area contributed by atoms with Gasteiger partial charge in [0.15, 0.2) is 0 Å². The van der Waals surface area contributed by atoms with Crippen molar-refractivity contribution in [3.8, 4) is 0 Å². The van der Waals surface area contributed by atoms with Crippen molar-refractivity contribution >= 4 is 5.69 Å². The first-order valence-electron chi connectivity index (χ1n) is 5.59. The minimum absolute atomic E-state index is 0.601. The lowest BCUT2D eigenvalue weighted by Gasteiger charge is -2.22. The molecular weight excluding hydrogens is 214 g/mol. The number of hydrogen-bond acceptors (Lipinski definition) is 3. The number of aliphatic hydroxyl groups excluding tert-OH is 2. The molecule has 3 heteroatoms. The largest absolute Gasteiger partial charge is 0.516 e. The third-order valence-electron chi connectivity index (χ3n) is 2.72. The van der Waals surface area contributed by atoms with Crippen molar-refractivity contribution in [2.24, 2.45) is 0 Å². The zero-order valence-electron chi connectivity index (χ0n) is 10.3. The summed E-state index contributed by atoms with van der Waals surface area (Å²) < 4.78 is 0. The van der Waals surface area contributed by atoms with E-state index in [1.165, 1.54) is 11.1 Å². The topological polar surface area (TPSA) is 43.7 Å². The fourth-order valence-electron chi connectivity index (χ4n) is 1.56. The average molecular weight is 233 g/mol. The quantitative estimate of drug-likeness (QED) is 0.767. The van der Waals surface area contributed by atoms with Crippen LogP contribution in [0.25, 0.3) is 0 Å². The van der Waals surface area contributed by atoms with Crippen LogP contribution in [0, 0.1) is 13.8 Å². The molecular formula is C14H19NO2. The van der Waals surface area contributed by atoms with Gasteiger partial charge in [0.1, 0.15) is 0 Å². The van der Waals surface area contributed by atoms with Gasteiger partial charge in [-0.15, -0.1) is 0 Å². The zero-order valence-corrected chi connectivity index (χ0v) is 10.3. The number of anilines is 1. The Morgan fingerprint density at radius 3 is 2.06 bits per heavy atom. The van der Waals surface area contributed by atoms with Gasteiger partial charge in [0, 0.05) is 18.8 Å². The van der Waals surface area contributed by atoms with Crippen molar-refractivity contribution in [3.63, 3.8) is 0 Å². The summed E-state index contributed by atoms with van der Waals surface area (Å²) in [6.45, 7) is 5.35. The highest BCUT2D eigenvalue weighted by Gasteiger charge is 2.04. The van der Waals surface area contributed by atoms with Crippen molar-refractivity contribution < 1.29 is 10.2 Å². The molecule has 0 heterocycles. The number of rotatable bonds is 5. The fourth-order valence-corrected chi connectivity index (χ4v) is 1.56. The molecule has 17 heavy (non-hydrogen) atoms. The Morgan fingerprint density at radius 2 is 1.59 bits per heavy atom. The smallest absolute Gasteiger partial charge is 0.0769 e. The van der Waals surface area contributed by atoms with Gasteiger partial charge in [0.05, 0.1) is 12.5 Å². The van der Waals surface area contributed by atoms with E-state index >= 15 is 0 Å². The summed E-state index contributed by atoms with van der Waals surface area (Å²) in [5.41, 5.74) is 3.56. The lowest BCUT2D eigenvalue weighted by atomic mass is 10.1. The van der Waals surface area contributed by atoms with E-state index in [-0.39, 0.29) is 0 Å². The van der Waals surface area contributed by atoms with E-state index in [4.69, 9.17) is 10.2 Å². The van der Waals surface area contributed by atoms with Gasteiger partial charge in [-0.2, -0.15) is 0 Å². The molecule has 1 rings (SSSR count). The summed E-state index contributed by atoms with van der Waals surface area (Å²) in [7, 11) is 0. The maximum absolute atomic E-state index is 8.71. The van der Waals surface area contributed by atoms with Crippen molar-refractivity contribution in [2.75, 3.05) is 18.0 Å². The second-order valence-corrected chi connectivity index (χ2v) is 3.94. The molecule has 0 saturated carbocycles. The molecule has 0 unspecified atom stereocenters. The van der Waals surface area contributed by atoms with Crippen LogP contribution in [0.4, 0.5) is 5.69 Å². The molecule has 2 N–H and O–H groups in total. The van der Waals surface area contributed by atoms with Gasteiger partial charge in [-0.25, -0.2) is 0 Å². The van der Waals surface area contributed by atoms with Gasteiger partial charge in [0.25, 0.3) is 0 Å². The van der Waals surface area contributed by atoms with E-state index in [1.54, 1.807) is 12.2 Å². The first-order chi connectivity index (χ1) is 8.19. The van der Waals surface area contributed by atoms with Gasteiger partial charge in [-0.1, -0.05) is 6.07 Å². The van der Waals surface area contributed by atoms with Crippen LogP contribution in [0.15, 0.2) is 42.9 Å². The predicted molar refractivity (Wildman–Crippen MR) is 71.7 cm³/mol. The highest BCUT2D eigenvalue weighted by atomic mass is 16.2. The van der Waals surface area contributed by atoms with E-state index in [0.29, 0.717) is 13.1 Å². The molecule has 0 saturated heterocycles. The van der Waals surface area contributed by atoms with Crippen molar-refractivity contribution in [1.82, 2.24) is 0 Å². The molecule has 0 aliphatic rings. The number of nitrogens with zero attached hydrogens (tertiary/aromatic N) is 1. The average Bonchev–Trinajstić information content (AvgIpc) is 2.33. The molecule has 92 valence electrons. The van der Waals surface area contributed by atoms with Crippen LogP contribution in [-0.4, -0.2) is 23.3 Å². The molecule has 0 aliphatic carbocycles. The number of aryl methyl sites for hydroxylation is 2. The van der Waals surface area contributed by atoms with Crippen molar-refractivity contribution in [1.29, 1.82) is 0 Å². The first-order valence-corrected chi connectivity index (χ1v) is 5.59. The molecule has 0 fully saturated rings. The zero-order chi connectivity index (χ0) is 12.7. The van der Waals surface area contributed by atoms with E-state index in [1.807, 2.05) is 11.0 Å². The van der Waals surface area contributed by atoms with E-state index in [9.17, 15) is 0 Å². The summed E-state index contributed by atoms with van der Waals surface area (Å²) in [5.74, 6) is 0. The number of benzene rings is 1. The molecule has 0 bridgehead atoms. The molecule has 0 aromatic heterocycles. The van der Waals surface area contributed by atoms with E-state index in [2.05, 4.69) is 26.0 Å². The number of aliphatic hydroxyl groups is 2. The minimum Gasteiger partial charge on any atom is -0.516 e. The van der Waals surface area contributed by atoms with Crippen LogP contribution in [0.5, 0.6) is 0 Å². The van der Waals surface area contributed by atoms with Gasteiger partial charge in [-0.3, -0.25) is 0 Å². The highest BCUT2D eigenvalue weighted by Crippen LogP contribution is 2.18. The minimum atomic E-state index is 0.601. The molecule has 1 aromatic carbocycles. The summed E-state index contributed by atoms with van der Waals surface area (Å²) in [4.78, 5) is 2.05. The molecule has 0 aliphatic heterocycles. The van der Waals surface area contributed by atoms with Crippen LogP contribution in [-0.2, 0) is 0 Å². The van der Waals surface area contributed by atoms with E-state index < -0.39 is 0 Å². The van der Waals surface area contributed by atoms with Crippen LogP contribution < -0.4 is 4.90 Å². The summed E-state index contributed by atoms with van der Waals surface area (Å²) in [6.07, 6.45) is 5.41. The predicted octanol–water partition coefficient (Wildman–Crippen LogP) is 3.25. The normalized spacial score (nSPS) is 11.4. The third kappa shape index (κ3) is 3.87. The first kappa shape index (κ1) is 13.2. The van der Waals surface area contributed by atoms with Crippen molar-refractivity contribution in [2.45, 2.75) is 13.8 Å².